The summed E-state index contributed by atoms with van der Waals surface area (Å²) in [4.78, 5) is 2.42. The molecule has 0 aliphatic carbocycles. The Kier molecular flexibility index (Phi) is 5.07. The van der Waals surface area contributed by atoms with Gasteiger partial charge in [0, 0.05) is 6.54 Å². The van der Waals surface area contributed by atoms with Crippen LogP contribution in [0.3, 0.4) is 0 Å². The van der Waals surface area contributed by atoms with Crippen molar-refractivity contribution >= 4 is 0 Å². The summed E-state index contributed by atoms with van der Waals surface area (Å²) in [5.41, 5.74) is 0. The molecule has 90 valence electrons. The minimum Gasteiger partial charge on any atom is -0.392 e. The summed E-state index contributed by atoms with van der Waals surface area (Å²) in [6.45, 7) is 12.0. The van der Waals surface area contributed by atoms with Gasteiger partial charge in [0.1, 0.15) is 0 Å². The number of nitrogens with zero attached hydrogens (tertiary/aromatic N) is 1. The zero-order valence-electron chi connectivity index (χ0n) is 10.7. The number of aliphatic hydroxyl groups is 1. The van der Waals surface area contributed by atoms with Gasteiger partial charge in [0.05, 0.1) is 6.10 Å². The van der Waals surface area contributed by atoms with E-state index < -0.39 is 0 Å². The summed E-state index contributed by atoms with van der Waals surface area (Å²) < 4.78 is 0. The number of hydrogen-bond acceptors (Lipinski definition) is 2. The fourth-order valence-electron chi connectivity index (χ4n) is 2.28. The third-order valence-corrected chi connectivity index (χ3v) is 3.79. The lowest BCUT2D eigenvalue weighted by Gasteiger charge is -2.35. The molecule has 1 heterocycles. The van der Waals surface area contributed by atoms with Gasteiger partial charge >= 0.3 is 0 Å². The SMILES string of the molecule is CC(C)C(O)CN1CCC(C(C)C)CC1. The molecule has 1 N–H and O–H groups in total. The van der Waals surface area contributed by atoms with Gasteiger partial charge in [0.15, 0.2) is 0 Å². The Morgan fingerprint density at radius 2 is 1.67 bits per heavy atom. The number of hydrogen-bond donors (Lipinski definition) is 1. The predicted octanol–water partition coefficient (Wildman–Crippen LogP) is 2.37. The van der Waals surface area contributed by atoms with Crippen molar-refractivity contribution in [3.05, 3.63) is 0 Å². The highest BCUT2D eigenvalue weighted by Crippen LogP contribution is 2.24. The molecule has 0 spiro atoms. The number of piperidine rings is 1. The molecule has 15 heavy (non-hydrogen) atoms. The molecule has 0 aromatic rings. The summed E-state index contributed by atoms with van der Waals surface area (Å²) in [5.74, 6) is 2.10. The molecule has 1 aliphatic heterocycles. The standard InChI is InChI=1S/C13H27NO/c1-10(2)12-5-7-14(8-6-12)9-13(15)11(3)4/h10-13,15H,5-9H2,1-4H3. The highest BCUT2D eigenvalue weighted by molar-refractivity contribution is 4.76. The lowest BCUT2D eigenvalue weighted by Crippen LogP contribution is -2.41. The van der Waals surface area contributed by atoms with Crippen LogP contribution in [0.1, 0.15) is 40.5 Å². The maximum atomic E-state index is 9.81. The van der Waals surface area contributed by atoms with Crippen molar-refractivity contribution in [1.29, 1.82) is 0 Å². The maximum Gasteiger partial charge on any atom is 0.0689 e. The third-order valence-electron chi connectivity index (χ3n) is 3.79. The summed E-state index contributed by atoms with van der Waals surface area (Å²) in [6.07, 6.45) is 2.46. The molecular weight excluding hydrogens is 186 g/mol. The second-order valence-electron chi connectivity index (χ2n) is 5.69. The molecule has 0 bridgehead atoms. The lowest BCUT2D eigenvalue weighted by atomic mass is 9.86. The van der Waals surface area contributed by atoms with Gasteiger partial charge in [-0.2, -0.15) is 0 Å². The van der Waals surface area contributed by atoms with Crippen LogP contribution in [0.4, 0.5) is 0 Å². The molecule has 1 fully saturated rings. The van der Waals surface area contributed by atoms with Crippen LogP contribution in [0.2, 0.25) is 0 Å². The number of likely N-dealkylation sites (tertiary alicyclic amines) is 1. The molecule has 1 unspecified atom stereocenters. The van der Waals surface area contributed by atoms with Crippen LogP contribution in [0.5, 0.6) is 0 Å². The van der Waals surface area contributed by atoms with Gasteiger partial charge in [0.25, 0.3) is 0 Å². The second kappa shape index (κ2) is 5.86. The summed E-state index contributed by atoms with van der Waals surface area (Å²) in [7, 11) is 0. The van der Waals surface area contributed by atoms with Crippen molar-refractivity contribution in [1.82, 2.24) is 4.90 Å². The van der Waals surface area contributed by atoms with Crippen molar-refractivity contribution in [2.45, 2.75) is 46.6 Å². The predicted molar refractivity (Wildman–Crippen MR) is 64.8 cm³/mol. The largest absolute Gasteiger partial charge is 0.392 e. The van der Waals surface area contributed by atoms with E-state index in [4.69, 9.17) is 0 Å². The maximum absolute atomic E-state index is 9.81. The van der Waals surface area contributed by atoms with Gasteiger partial charge in [0.2, 0.25) is 0 Å². The van der Waals surface area contributed by atoms with Gasteiger partial charge in [-0.25, -0.2) is 0 Å². The van der Waals surface area contributed by atoms with Crippen LogP contribution in [0.15, 0.2) is 0 Å². The normalized spacial score (nSPS) is 22.6. The zero-order valence-corrected chi connectivity index (χ0v) is 10.7. The molecule has 0 aromatic heterocycles. The molecule has 1 rings (SSSR count). The smallest absolute Gasteiger partial charge is 0.0689 e. The molecular formula is C13H27NO. The molecule has 2 nitrogen and oxygen atoms in total. The first-order valence-corrected chi connectivity index (χ1v) is 6.41. The van der Waals surface area contributed by atoms with Crippen molar-refractivity contribution < 1.29 is 5.11 Å². The number of β-amino-alcohol motifs (C(OH)–C–C–N with tert-alkyl or cyclic N) is 1. The first-order chi connectivity index (χ1) is 7.00. The zero-order chi connectivity index (χ0) is 11.4. The van der Waals surface area contributed by atoms with Gasteiger partial charge in [-0.3, -0.25) is 0 Å². The lowest BCUT2D eigenvalue weighted by molar-refractivity contribution is 0.0557. The fourth-order valence-corrected chi connectivity index (χ4v) is 2.28. The van der Waals surface area contributed by atoms with Crippen molar-refractivity contribution in [2.24, 2.45) is 17.8 Å². The Morgan fingerprint density at radius 3 is 2.07 bits per heavy atom. The van der Waals surface area contributed by atoms with E-state index in [-0.39, 0.29) is 6.10 Å². The van der Waals surface area contributed by atoms with Gasteiger partial charge in [-0.05, 0) is 43.7 Å². The molecule has 1 aliphatic rings. The molecule has 1 atom stereocenters. The molecule has 1 saturated heterocycles. The third kappa shape index (κ3) is 4.12. The van der Waals surface area contributed by atoms with E-state index in [1.54, 1.807) is 0 Å². The van der Waals surface area contributed by atoms with Crippen LogP contribution in [-0.2, 0) is 0 Å². The quantitative estimate of drug-likeness (QED) is 0.775. The summed E-state index contributed by atoms with van der Waals surface area (Å²) in [5, 5.41) is 9.81. The fraction of sp³-hybridized carbons (Fsp3) is 1.00. The van der Waals surface area contributed by atoms with Crippen molar-refractivity contribution in [2.75, 3.05) is 19.6 Å². The van der Waals surface area contributed by atoms with Crippen LogP contribution in [0, 0.1) is 17.8 Å². The average Bonchev–Trinajstić information content (AvgIpc) is 2.18. The van der Waals surface area contributed by atoms with Gasteiger partial charge in [-0.15, -0.1) is 0 Å². The summed E-state index contributed by atoms with van der Waals surface area (Å²) >= 11 is 0. The Labute approximate surface area is 94.7 Å². The highest BCUT2D eigenvalue weighted by atomic mass is 16.3. The van der Waals surface area contributed by atoms with E-state index >= 15 is 0 Å². The van der Waals surface area contributed by atoms with Crippen molar-refractivity contribution in [3.63, 3.8) is 0 Å². The Bertz CT molecular complexity index is 171. The molecule has 0 radical (unpaired) electrons. The van der Waals surface area contributed by atoms with E-state index in [1.807, 2.05) is 0 Å². The summed E-state index contributed by atoms with van der Waals surface area (Å²) in [6, 6.07) is 0. The van der Waals surface area contributed by atoms with E-state index in [2.05, 4.69) is 32.6 Å². The first kappa shape index (κ1) is 13.0. The molecule has 0 aromatic carbocycles. The Balaban J connectivity index is 2.25. The Hall–Kier alpha value is -0.0800. The number of rotatable bonds is 4. The van der Waals surface area contributed by atoms with Gasteiger partial charge in [-0.1, -0.05) is 27.7 Å². The van der Waals surface area contributed by atoms with Crippen molar-refractivity contribution in [3.8, 4) is 0 Å². The molecule has 0 amide bonds. The van der Waals surface area contributed by atoms with E-state index in [9.17, 15) is 5.11 Å². The van der Waals surface area contributed by atoms with Crippen LogP contribution in [-0.4, -0.2) is 35.7 Å². The van der Waals surface area contributed by atoms with E-state index in [0.717, 1.165) is 18.4 Å². The topological polar surface area (TPSA) is 23.5 Å². The molecule has 0 saturated carbocycles. The number of aliphatic hydroxyl groups excluding tert-OH is 1. The first-order valence-electron chi connectivity index (χ1n) is 6.41. The average molecular weight is 213 g/mol. The Morgan fingerprint density at radius 1 is 1.13 bits per heavy atom. The minimum absolute atomic E-state index is 0.152. The van der Waals surface area contributed by atoms with Crippen LogP contribution >= 0.6 is 0 Å². The van der Waals surface area contributed by atoms with Crippen LogP contribution in [0.25, 0.3) is 0 Å². The minimum atomic E-state index is -0.152. The van der Waals surface area contributed by atoms with Crippen LogP contribution < -0.4 is 0 Å². The highest BCUT2D eigenvalue weighted by Gasteiger charge is 2.23. The van der Waals surface area contributed by atoms with E-state index in [0.29, 0.717) is 5.92 Å². The molecule has 2 heteroatoms. The monoisotopic (exact) mass is 213 g/mol. The van der Waals surface area contributed by atoms with Gasteiger partial charge < -0.3 is 10.0 Å². The van der Waals surface area contributed by atoms with E-state index in [1.165, 1.54) is 25.9 Å². The second-order valence-corrected chi connectivity index (χ2v) is 5.69.